The Balaban J connectivity index is 1.83. The van der Waals surface area contributed by atoms with E-state index < -0.39 is 16.7 Å². The Morgan fingerprint density at radius 2 is 1.82 bits per heavy atom. The van der Waals surface area contributed by atoms with Gasteiger partial charge in [-0.1, -0.05) is 11.6 Å². The third-order valence-corrected chi connectivity index (χ3v) is 4.65. The fourth-order valence-corrected chi connectivity index (χ4v) is 3.35. The Morgan fingerprint density at radius 1 is 1.18 bits per heavy atom. The van der Waals surface area contributed by atoms with Crippen molar-refractivity contribution in [2.24, 2.45) is 5.73 Å². The molecule has 2 aromatic rings. The van der Waals surface area contributed by atoms with Gasteiger partial charge in [0.15, 0.2) is 0 Å². The lowest BCUT2D eigenvalue weighted by atomic mass is 9.93. The van der Waals surface area contributed by atoms with Gasteiger partial charge in [-0.25, -0.2) is 14.8 Å². The first kappa shape index (κ1) is 20.6. The molecule has 0 unspecified atom stereocenters. The summed E-state index contributed by atoms with van der Waals surface area (Å²) in [7, 11) is 0. The van der Waals surface area contributed by atoms with Gasteiger partial charge in [0.1, 0.15) is 16.4 Å². The van der Waals surface area contributed by atoms with Crippen molar-refractivity contribution in [2.75, 3.05) is 13.1 Å². The van der Waals surface area contributed by atoms with Gasteiger partial charge < -0.3 is 20.1 Å². The molecular formula is C20H27ClN4O3. The number of nitrogens with zero attached hydrogens (tertiary/aromatic N) is 3. The number of aromatic nitrogens is 2. The van der Waals surface area contributed by atoms with Gasteiger partial charge in [0.2, 0.25) is 5.88 Å². The summed E-state index contributed by atoms with van der Waals surface area (Å²) in [5.41, 5.74) is 5.46. The first-order valence-electron chi connectivity index (χ1n) is 9.18. The lowest BCUT2D eigenvalue weighted by molar-refractivity contribution is -0.0722. The molecule has 3 rings (SSSR count). The van der Waals surface area contributed by atoms with E-state index in [4.69, 9.17) is 26.8 Å². The zero-order chi connectivity index (χ0) is 20.9. The monoisotopic (exact) mass is 406 g/mol. The third-order valence-electron chi connectivity index (χ3n) is 4.44. The Morgan fingerprint density at radius 3 is 2.39 bits per heavy atom. The summed E-state index contributed by atoms with van der Waals surface area (Å²) in [4.78, 5) is 22.4. The maximum absolute atomic E-state index is 12.2. The van der Waals surface area contributed by atoms with Crippen LogP contribution >= 0.6 is 11.6 Å². The second kappa shape index (κ2) is 6.74. The average Bonchev–Trinajstić information content (AvgIpc) is 2.49. The Kier molecular flexibility index (Phi) is 4.96. The summed E-state index contributed by atoms with van der Waals surface area (Å²) >= 11 is 6.10. The van der Waals surface area contributed by atoms with E-state index in [1.165, 1.54) is 0 Å². The van der Waals surface area contributed by atoms with Crippen LogP contribution in [0.2, 0.25) is 5.15 Å². The fourth-order valence-electron chi connectivity index (χ4n) is 3.19. The van der Waals surface area contributed by atoms with E-state index >= 15 is 0 Å². The summed E-state index contributed by atoms with van der Waals surface area (Å²) in [6, 6.07) is 1.77. The molecule has 0 spiro atoms. The fraction of sp³-hybridized carbons (Fsp3) is 0.550. The molecule has 8 heteroatoms. The SMILES string of the molecule is CC(C)(C)OC(=O)N1CC(C)(Oc2ncc(C(C)(C)N)c3cc(Cl)ncc23)C1. The predicted molar refractivity (Wildman–Crippen MR) is 109 cm³/mol. The number of fused-ring (bicyclic) bond motifs is 1. The number of pyridine rings is 2. The molecule has 7 nitrogen and oxygen atoms in total. The van der Waals surface area contributed by atoms with Gasteiger partial charge >= 0.3 is 6.09 Å². The number of nitrogens with two attached hydrogens (primary N) is 1. The average molecular weight is 407 g/mol. The Hall–Kier alpha value is -2.12. The van der Waals surface area contributed by atoms with Crippen molar-refractivity contribution < 1.29 is 14.3 Å². The smallest absolute Gasteiger partial charge is 0.410 e. The highest BCUT2D eigenvalue weighted by molar-refractivity contribution is 6.30. The van der Waals surface area contributed by atoms with Crippen molar-refractivity contribution in [3.63, 3.8) is 0 Å². The second-order valence-electron chi connectivity index (χ2n) is 9.14. The van der Waals surface area contributed by atoms with E-state index in [1.54, 1.807) is 23.4 Å². The largest absolute Gasteiger partial charge is 0.467 e. The molecule has 0 aliphatic carbocycles. The van der Waals surface area contributed by atoms with Gasteiger partial charge in [0.05, 0.1) is 18.5 Å². The summed E-state index contributed by atoms with van der Waals surface area (Å²) in [5.74, 6) is 0.443. The first-order chi connectivity index (χ1) is 12.8. The minimum absolute atomic E-state index is 0.347. The molecule has 1 saturated heterocycles. The molecular weight excluding hydrogens is 380 g/mol. The topological polar surface area (TPSA) is 90.6 Å². The molecule has 152 valence electrons. The lowest BCUT2D eigenvalue weighted by Gasteiger charge is -2.47. The van der Waals surface area contributed by atoms with E-state index in [-0.39, 0.29) is 6.09 Å². The normalized spacial score (nSPS) is 16.6. The van der Waals surface area contributed by atoms with Gasteiger partial charge in [-0.2, -0.15) is 0 Å². The summed E-state index contributed by atoms with van der Waals surface area (Å²) < 4.78 is 11.6. The molecule has 0 bridgehead atoms. The number of amides is 1. The zero-order valence-corrected chi connectivity index (χ0v) is 17.9. The van der Waals surface area contributed by atoms with Crippen LogP contribution in [0.25, 0.3) is 10.8 Å². The molecule has 1 fully saturated rings. The van der Waals surface area contributed by atoms with Crippen LogP contribution in [0.4, 0.5) is 4.79 Å². The molecule has 0 aromatic carbocycles. The van der Waals surface area contributed by atoms with Crippen LogP contribution in [-0.2, 0) is 10.3 Å². The summed E-state index contributed by atoms with van der Waals surface area (Å²) in [6.07, 6.45) is 3.00. The second-order valence-corrected chi connectivity index (χ2v) is 9.53. The quantitative estimate of drug-likeness (QED) is 0.778. The van der Waals surface area contributed by atoms with Crippen molar-refractivity contribution in [2.45, 2.75) is 58.3 Å². The highest BCUT2D eigenvalue weighted by Gasteiger charge is 2.45. The number of ether oxygens (including phenoxy) is 2. The van der Waals surface area contributed by atoms with E-state index in [2.05, 4.69) is 9.97 Å². The Bertz CT molecular complexity index is 912. The zero-order valence-electron chi connectivity index (χ0n) is 17.2. The number of halogens is 1. The van der Waals surface area contributed by atoms with Crippen molar-refractivity contribution in [3.05, 3.63) is 29.2 Å². The van der Waals surface area contributed by atoms with Gasteiger partial charge in [0.25, 0.3) is 0 Å². The first-order valence-corrected chi connectivity index (χ1v) is 9.56. The number of hydrogen-bond acceptors (Lipinski definition) is 6. The van der Waals surface area contributed by atoms with Crippen LogP contribution < -0.4 is 10.5 Å². The molecule has 1 aliphatic rings. The number of hydrogen-bond donors (Lipinski definition) is 1. The lowest BCUT2D eigenvalue weighted by Crippen LogP contribution is -2.65. The maximum Gasteiger partial charge on any atom is 0.410 e. The highest BCUT2D eigenvalue weighted by Crippen LogP contribution is 2.35. The van der Waals surface area contributed by atoms with Gasteiger partial charge in [-0.3, -0.25) is 0 Å². The van der Waals surface area contributed by atoms with E-state index in [1.807, 2.05) is 41.5 Å². The van der Waals surface area contributed by atoms with Crippen molar-refractivity contribution in [3.8, 4) is 5.88 Å². The highest BCUT2D eigenvalue weighted by atomic mass is 35.5. The van der Waals surface area contributed by atoms with Crippen molar-refractivity contribution in [1.82, 2.24) is 14.9 Å². The minimum Gasteiger partial charge on any atom is -0.467 e. The molecule has 28 heavy (non-hydrogen) atoms. The molecule has 2 aromatic heterocycles. The van der Waals surface area contributed by atoms with Crippen LogP contribution in [-0.4, -0.2) is 45.3 Å². The summed E-state index contributed by atoms with van der Waals surface area (Å²) in [6.45, 7) is 12.1. The maximum atomic E-state index is 12.2. The van der Waals surface area contributed by atoms with Gasteiger partial charge in [0, 0.05) is 17.9 Å². The van der Waals surface area contributed by atoms with E-state index in [0.717, 1.165) is 16.3 Å². The van der Waals surface area contributed by atoms with Crippen LogP contribution in [0.1, 0.15) is 47.1 Å². The van der Waals surface area contributed by atoms with Crippen LogP contribution in [0.5, 0.6) is 5.88 Å². The molecule has 3 heterocycles. The van der Waals surface area contributed by atoms with Crippen molar-refractivity contribution >= 4 is 28.5 Å². The molecule has 1 amide bonds. The minimum atomic E-state index is -0.595. The third kappa shape index (κ3) is 4.31. The van der Waals surface area contributed by atoms with E-state index in [0.29, 0.717) is 24.1 Å². The number of rotatable bonds is 3. The van der Waals surface area contributed by atoms with Crippen LogP contribution in [0.3, 0.4) is 0 Å². The van der Waals surface area contributed by atoms with Gasteiger partial charge in [-0.05, 0) is 58.6 Å². The molecule has 0 atom stereocenters. The number of likely N-dealkylation sites (tertiary alicyclic amines) is 1. The standard InChI is InChI=1S/C20H27ClN4O3/c1-18(2,3)28-17(26)25-10-20(6,11-25)27-16-13-8-23-15(21)7-12(13)14(9-24-16)19(4,5)22/h7-9H,10-11,22H2,1-6H3. The molecule has 0 saturated carbocycles. The Labute approximate surface area is 170 Å². The van der Waals surface area contributed by atoms with Crippen LogP contribution in [0, 0.1) is 0 Å². The number of carbonyl (C=O) groups excluding carboxylic acids is 1. The van der Waals surface area contributed by atoms with Crippen molar-refractivity contribution in [1.29, 1.82) is 0 Å². The van der Waals surface area contributed by atoms with E-state index in [9.17, 15) is 4.79 Å². The number of carbonyl (C=O) groups is 1. The van der Waals surface area contributed by atoms with Gasteiger partial charge in [-0.15, -0.1) is 0 Å². The summed E-state index contributed by atoms with van der Waals surface area (Å²) in [5, 5.41) is 1.96. The predicted octanol–water partition coefficient (Wildman–Crippen LogP) is 3.87. The molecule has 0 radical (unpaired) electrons. The molecule has 2 N–H and O–H groups in total. The molecule has 1 aliphatic heterocycles. The van der Waals surface area contributed by atoms with Crippen LogP contribution in [0.15, 0.2) is 18.5 Å².